The minimum Gasteiger partial charge on any atom is -0.793 e. The van der Waals surface area contributed by atoms with Gasteiger partial charge in [-0.3, -0.25) is 54.6 Å². The average molecular weight is 1900 g/mol. The molecule has 719 valence electrons. The van der Waals surface area contributed by atoms with E-state index in [1.807, 2.05) is 67.2 Å². The molecular formula is C96H132BCl2N19NaO15. The number of benzene rings is 3. The Labute approximate surface area is 818 Å². The molecule has 6 aromatic heterocycles. The fourth-order valence-corrected chi connectivity index (χ4v) is 19.3. The Kier molecular flexibility index (Phi) is 37.3. The SMILES string of the molecule is C1CCNC1.C=CC(=O)Cl.CC(=O)OOC(C)=O.CC(C)c1cc(C(=O)Nc2nc3cc(CN4CCCC4)ccc3n2C2CC3(CCN(C(=O)OC(C)(C)C)C3)C2)on1.CC(C)c1cc(C(=O)Nc2nc3cc(CN4CCCC4)ccc3n2C2CC3(CCNC3)C2)on1.CC(C)c1cc(C(=O)Nc2nc3cc(CN4CCCC4)ccc3n2C2CC3(CCNC3)C2)on1.Cl.[B-]OC(C)=O.[Na+]. The van der Waals surface area contributed by atoms with Gasteiger partial charge in [0.05, 0.1) is 50.2 Å². The number of amides is 4. The van der Waals surface area contributed by atoms with Crippen molar-refractivity contribution in [3.05, 3.63) is 137 Å². The van der Waals surface area contributed by atoms with Crippen molar-refractivity contribution in [3.8, 4) is 0 Å². The smallest absolute Gasteiger partial charge is 0.793 e. The summed E-state index contributed by atoms with van der Waals surface area (Å²) in [5.41, 5.74) is 12.4. The van der Waals surface area contributed by atoms with Gasteiger partial charge in [0.2, 0.25) is 46.3 Å². The molecule has 3 spiro atoms. The zero-order valence-corrected chi connectivity index (χ0v) is 83.6. The third-order valence-electron chi connectivity index (χ3n) is 26.2. The van der Waals surface area contributed by atoms with E-state index in [4.69, 9.17) is 44.9 Å². The van der Waals surface area contributed by atoms with E-state index in [0.717, 1.165) is 174 Å². The van der Waals surface area contributed by atoms with Crippen LogP contribution in [-0.2, 0) is 58.0 Å². The van der Waals surface area contributed by atoms with Gasteiger partial charge >= 0.3 is 47.6 Å². The number of hydrogen-bond acceptors (Lipinski definition) is 27. The van der Waals surface area contributed by atoms with Crippen molar-refractivity contribution in [1.82, 2.24) is 79.7 Å². The number of carbonyl (C=O) groups is 8. The number of hydrogen-bond donors (Lipinski definition) is 6. The predicted octanol–water partition coefficient (Wildman–Crippen LogP) is 13.0. The van der Waals surface area contributed by atoms with E-state index in [-0.39, 0.29) is 112 Å². The number of halogens is 2. The van der Waals surface area contributed by atoms with Crippen LogP contribution < -0.4 is 61.5 Å². The van der Waals surface area contributed by atoms with Gasteiger partial charge < -0.3 is 65.6 Å². The molecule has 134 heavy (non-hydrogen) atoms. The summed E-state index contributed by atoms with van der Waals surface area (Å²) in [7, 11) is 4.32. The zero-order valence-electron chi connectivity index (χ0n) is 80.0. The van der Waals surface area contributed by atoms with E-state index in [1.165, 1.54) is 127 Å². The van der Waals surface area contributed by atoms with Crippen LogP contribution in [-0.4, -0.2) is 216 Å². The molecule has 3 aromatic carbocycles. The number of nitrogens with one attached hydrogen (secondary N) is 6. The molecular weight excluding hydrogens is 1760 g/mol. The molecule has 19 rings (SSSR count). The third-order valence-corrected chi connectivity index (χ3v) is 26.4. The quantitative estimate of drug-likeness (QED) is 0.0144. The molecule has 34 nitrogen and oxygen atoms in total. The second-order valence-corrected chi connectivity index (χ2v) is 39.3. The van der Waals surface area contributed by atoms with Crippen LogP contribution in [0, 0.1) is 16.2 Å². The fourth-order valence-electron chi connectivity index (χ4n) is 19.3. The van der Waals surface area contributed by atoms with Crippen molar-refractivity contribution >= 4 is 130 Å². The summed E-state index contributed by atoms with van der Waals surface area (Å²) in [5, 5.41) is 31.0. The Balaban J connectivity index is 0.000000172. The van der Waals surface area contributed by atoms with Crippen molar-refractivity contribution < 1.29 is 101 Å². The van der Waals surface area contributed by atoms with Crippen LogP contribution in [0.25, 0.3) is 33.1 Å². The summed E-state index contributed by atoms with van der Waals surface area (Å²) in [6.07, 6.45) is 20.9. The van der Waals surface area contributed by atoms with Gasteiger partial charge in [0.15, 0.2) is 0 Å². The van der Waals surface area contributed by atoms with Crippen molar-refractivity contribution in [1.29, 1.82) is 0 Å². The topological polar surface area (TPSA) is 390 Å². The van der Waals surface area contributed by atoms with E-state index in [9.17, 15) is 38.4 Å². The Bertz CT molecular complexity index is 5280. The second-order valence-electron chi connectivity index (χ2n) is 38.9. The first-order chi connectivity index (χ1) is 63.1. The number of allylic oxidation sites excluding steroid dienone is 1. The number of rotatable bonds is 19. The zero-order chi connectivity index (χ0) is 94.2. The van der Waals surface area contributed by atoms with Gasteiger partial charge in [-0.05, 0) is 300 Å². The van der Waals surface area contributed by atoms with E-state index >= 15 is 0 Å². The molecule has 10 aliphatic rings. The fraction of sp³-hybridized carbons (Fsp3) is 0.583. The molecule has 10 fully saturated rings. The molecule has 3 radical (unpaired) electrons. The molecule has 3 saturated carbocycles. The van der Waals surface area contributed by atoms with Crippen LogP contribution in [0.4, 0.5) is 22.6 Å². The van der Waals surface area contributed by atoms with Gasteiger partial charge in [-0.15, -0.1) is 12.4 Å². The number of nitrogens with zero attached hydrogens (tertiary/aromatic N) is 13. The first-order valence-electron chi connectivity index (χ1n) is 46.8. The number of carbonyl (C=O) groups excluding carboxylic acids is 8. The molecule has 0 atom stereocenters. The standard InChI is InChI=1S/C31H42N6O4.2C26H34N6O2.C4H9N.C4H6O4.C3H3ClO.C2H3BO2.ClH.Na/c1-20(2)23-15-26(41-34-23)27(38)33-28-32-24-14-21(18-35-11-6-7-12-35)8-9-25(24)37(28)22-16-31(17-22)10-13-36(19-31)29(39)40-30(3,4)5;2*1-17(2)20-12-23(34-30-20)24(33)29-25-28-21-11-18(15-31-9-3-4-10-31)5-6-22(21)32(25)19-13-26(14-19)7-8-27-16-26;1-2-4-5-3-1;1-3(5)7-8-4(2)6;1-2-3(4)5;1-2(4)5-3;;/h8-9,14-15,20,22H,6-7,10-13,16-19H2,1-5H3,(H,32,33,38);2*5-6,11-12,17,19,27H,3-4,7-10,13-16H2,1-2H3,(H,28,29,33);5H,1-4H2;1-2H3;2H,1H2;1H3;1H;/q;;;;;;-1;;+1. The third kappa shape index (κ3) is 27.8. The van der Waals surface area contributed by atoms with Gasteiger partial charge in [-0.1, -0.05) is 81.8 Å². The summed E-state index contributed by atoms with van der Waals surface area (Å²) < 4.78 is 31.9. The van der Waals surface area contributed by atoms with Gasteiger partial charge in [-0.25, -0.2) is 39.1 Å². The Morgan fingerprint density at radius 3 is 1.07 bits per heavy atom. The first-order valence-corrected chi connectivity index (χ1v) is 47.2. The van der Waals surface area contributed by atoms with Crippen molar-refractivity contribution in [2.45, 2.75) is 253 Å². The maximum absolute atomic E-state index is 13.2. The van der Waals surface area contributed by atoms with Gasteiger partial charge in [0.1, 0.15) is 5.60 Å². The summed E-state index contributed by atoms with van der Waals surface area (Å²) in [6, 6.07) is 25.7. The predicted molar refractivity (Wildman–Crippen MR) is 509 cm³/mol. The number of fused-ring (bicyclic) bond motifs is 3. The summed E-state index contributed by atoms with van der Waals surface area (Å²) in [6.45, 7) is 42.5. The number of ether oxygens (including phenoxy) is 1. The van der Waals surface area contributed by atoms with Crippen LogP contribution in [0.5, 0.6) is 0 Å². The van der Waals surface area contributed by atoms with Crippen molar-refractivity contribution in [3.63, 3.8) is 0 Å². The Morgan fingerprint density at radius 1 is 0.493 bits per heavy atom. The molecule has 9 aromatic rings. The molecule has 3 aliphatic carbocycles. The van der Waals surface area contributed by atoms with Crippen LogP contribution in [0.1, 0.15) is 294 Å². The van der Waals surface area contributed by atoms with Crippen molar-refractivity contribution in [2.24, 2.45) is 16.2 Å². The van der Waals surface area contributed by atoms with Crippen LogP contribution >= 0.6 is 24.0 Å². The summed E-state index contributed by atoms with van der Waals surface area (Å²) in [5.74, 6) is 0.220. The van der Waals surface area contributed by atoms with Gasteiger partial charge in [0, 0.05) is 103 Å². The maximum atomic E-state index is 13.2. The van der Waals surface area contributed by atoms with E-state index in [1.54, 1.807) is 18.2 Å². The first kappa shape index (κ1) is 105. The summed E-state index contributed by atoms with van der Waals surface area (Å²) >= 11 is 4.71. The average Bonchev–Trinajstić information content (AvgIpc) is 1.58. The van der Waals surface area contributed by atoms with Gasteiger partial charge in [0.25, 0.3) is 17.7 Å². The Hall–Kier alpha value is -9.40. The largest absolute Gasteiger partial charge is 1.00 e. The minimum atomic E-state index is -0.639. The van der Waals surface area contributed by atoms with Crippen LogP contribution in [0.2, 0.25) is 0 Å². The summed E-state index contributed by atoms with van der Waals surface area (Å²) in [4.78, 5) is 122. The molecule has 38 heteroatoms. The normalized spacial score (nSPS) is 21.6. The monoisotopic (exact) mass is 1890 g/mol. The van der Waals surface area contributed by atoms with Crippen molar-refractivity contribution in [2.75, 3.05) is 108 Å². The number of aromatic nitrogens is 9. The molecule has 0 bridgehead atoms. The molecule has 4 amide bonds. The molecule has 7 saturated heterocycles. The number of likely N-dealkylation sites (tertiary alicyclic amines) is 4. The Morgan fingerprint density at radius 2 is 0.813 bits per heavy atom. The van der Waals surface area contributed by atoms with E-state index < -0.39 is 28.8 Å². The molecule has 0 unspecified atom stereocenters. The van der Waals surface area contributed by atoms with E-state index in [2.05, 4.69) is 159 Å². The maximum Gasteiger partial charge on any atom is 1.00 e. The van der Waals surface area contributed by atoms with Gasteiger partial charge in [-0.2, -0.15) is 0 Å². The second kappa shape index (κ2) is 47.6. The van der Waals surface area contributed by atoms with Crippen LogP contribution in [0.15, 0.2) is 99.0 Å². The minimum absolute atomic E-state index is 0. The molecule has 6 N–H and O–H groups in total. The van der Waals surface area contributed by atoms with Crippen LogP contribution in [0.3, 0.4) is 0 Å². The number of imidazole rings is 3. The molecule has 7 aliphatic heterocycles. The molecule has 13 heterocycles. The van der Waals surface area contributed by atoms with E-state index in [0.29, 0.717) is 53.8 Å². The number of anilines is 3.